The number of aromatic nitrogens is 2. The lowest BCUT2D eigenvalue weighted by Crippen LogP contribution is -2.22. The van der Waals surface area contributed by atoms with Crippen LogP contribution in [0, 0.1) is 0 Å². The summed E-state index contributed by atoms with van der Waals surface area (Å²) < 4.78 is 5.15. The molecular weight excluding hydrogens is 288 g/mol. The molecule has 0 spiro atoms. The zero-order chi connectivity index (χ0) is 14.5. The Morgan fingerprint density at radius 2 is 2.24 bits per heavy atom. The fourth-order valence-corrected chi connectivity index (χ4v) is 2.35. The van der Waals surface area contributed by atoms with Crippen LogP contribution in [0.25, 0.3) is 0 Å². The maximum atomic E-state index is 12.0. The van der Waals surface area contributed by atoms with Gasteiger partial charge in [-0.25, -0.2) is 9.97 Å². The Kier molecular flexibility index (Phi) is 3.92. The van der Waals surface area contributed by atoms with Crippen molar-refractivity contribution in [3.63, 3.8) is 0 Å². The smallest absolute Gasteiger partial charge is 0.271 e. The van der Waals surface area contributed by atoms with Gasteiger partial charge in [-0.15, -0.1) is 11.3 Å². The molecule has 0 aliphatic rings. The third-order valence-electron chi connectivity index (χ3n) is 2.64. The van der Waals surface area contributed by atoms with Crippen LogP contribution in [0.1, 0.15) is 16.2 Å². The zero-order valence-electron chi connectivity index (χ0n) is 10.9. The van der Waals surface area contributed by atoms with Crippen molar-refractivity contribution in [3.05, 3.63) is 59.6 Å². The minimum Gasteiger partial charge on any atom is -0.467 e. The maximum Gasteiger partial charge on any atom is 0.271 e. The number of furan rings is 1. The minimum atomic E-state index is -0.239. The van der Waals surface area contributed by atoms with E-state index >= 15 is 0 Å². The predicted octanol–water partition coefficient (Wildman–Crippen LogP) is 2.80. The van der Waals surface area contributed by atoms with Crippen LogP contribution in [-0.4, -0.2) is 15.9 Å². The van der Waals surface area contributed by atoms with E-state index in [4.69, 9.17) is 4.42 Å². The number of nitrogens with one attached hydrogen (secondary N) is 2. The second kappa shape index (κ2) is 6.19. The molecule has 1 amide bonds. The van der Waals surface area contributed by atoms with E-state index in [2.05, 4.69) is 20.6 Å². The third-order valence-corrected chi connectivity index (χ3v) is 3.40. The summed E-state index contributed by atoms with van der Waals surface area (Å²) in [5.41, 5.74) is 0.366. The molecule has 3 heterocycles. The van der Waals surface area contributed by atoms with Gasteiger partial charge in [0.15, 0.2) is 5.13 Å². The summed E-state index contributed by atoms with van der Waals surface area (Å²) in [4.78, 5) is 20.3. The summed E-state index contributed by atoms with van der Waals surface area (Å²) >= 11 is 1.35. The van der Waals surface area contributed by atoms with Gasteiger partial charge >= 0.3 is 0 Å². The highest BCUT2D eigenvalue weighted by atomic mass is 32.1. The molecule has 3 rings (SSSR count). The van der Waals surface area contributed by atoms with E-state index in [0.717, 1.165) is 0 Å². The summed E-state index contributed by atoms with van der Waals surface area (Å²) in [5, 5.41) is 8.11. The molecule has 0 atom stereocenters. The Morgan fingerprint density at radius 1 is 1.29 bits per heavy atom. The number of amides is 1. The lowest BCUT2D eigenvalue weighted by molar-refractivity contribution is 0.0944. The Labute approximate surface area is 124 Å². The Hall–Kier alpha value is -2.67. The SMILES string of the molecule is O=C(NCc1ccco1)c1csc(Nc2ccccn2)n1. The van der Waals surface area contributed by atoms with E-state index in [1.165, 1.54) is 11.3 Å². The molecule has 21 heavy (non-hydrogen) atoms. The largest absolute Gasteiger partial charge is 0.467 e. The second-order valence-electron chi connectivity index (χ2n) is 4.14. The molecule has 0 saturated carbocycles. The Bertz CT molecular complexity index is 710. The number of hydrogen-bond donors (Lipinski definition) is 2. The normalized spacial score (nSPS) is 10.3. The van der Waals surface area contributed by atoms with Gasteiger partial charge in [0.2, 0.25) is 0 Å². The molecule has 3 aromatic heterocycles. The van der Waals surface area contributed by atoms with Crippen molar-refractivity contribution in [3.8, 4) is 0 Å². The van der Waals surface area contributed by atoms with Crippen LogP contribution in [-0.2, 0) is 6.54 Å². The molecule has 6 nitrogen and oxygen atoms in total. The molecular formula is C14H12N4O2S. The molecule has 3 aromatic rings. The maximum absolute atomic E-state index is 12.0. The van der Waals surface area contributed by atoms with Crippen molar-refractivity contribution in [1.82, 2.24) is 15.3 Å². The summed E-state index contributed by atoms with van der Waals surface area (Å²) in [6, 6.07) is 9.12. The number of thiazole rings is 1. The fourth-order valence-electron chi connectivity index (χ4n) is 1.65. The first-order valence-corrected chi connectivity index (χ1v) is 7.13. The van der Waals surface area contributed by atoms with E-state index in [9.17, 15) is 4.79 Å². The molecule has 0 bridgehead atoms. The van der Waals surface area contributed by atoms with Gasteiger partial charge in [0, 0.05) is 11.6 Å². The van der Waals surface area contributed by atoms with Gasteiger partial charge in [-0.2, -0.15) is 0 Å². The van der Waals surface area contributed by atoms with Gasteiger partial charge in [-0.05, 0) is 24.3 Å². The topological polar surface area (TPSA) is 80.0 Å². The number of rotatable bonds is 5. The number of nitrogens with zero attached hydrogens (tertiary/aromatic N) is 2. The van der Waals surface area contributed by atoms with Crippen molar-refractivity contribution in [2.24, 2.45) is 0 Å². The lowest BCUT2D eigenvalue weighted by Gasteiger charge is -2.01. The quantitative estimate of drug-likeness (QED) is 0.757. The first-order chi connectivity index (χ1) is 10.3. The number of carbonyl (C=O) groups excluding carboxylic acids is 1. The summed E-state index contributed by atoms with van der Waals surface area (Å²) in [6.45, 7) is 0.340. The van der Waals surface area contributed by atoms with Crippen LogP contribution in [0.4, 0.5) is 10.9 Å². The molecule has 2 N–H and O–H groups in total. The molecule has 0 aliphatic heterocycles. The van der Waals surface area contributed by atoms with Crippen LogP contribution in [0.15, 0.2) is 52.6 Å². The van der Waals surface area contributed by atoms with Gasteiger partial charge in [0.25, 0.3) is 5.91 Å². The molecule has 0 fully saturated rings. The van der Waals surface area contributed by atoms with Crippen LogP contribution in [0.5, 0.6) is 0 Å². The molecule has 0 unspecified atom stereocenters. The number of carbonyl (C=O) groups is 1. The Balaban J connectivity index is 1.60. The van der Waals surface area contributed by atoms with E-state index in [1.54, 1.807) is 30.0 Å². The second-order valence-corrected chi connectivity index (χ2v) is 5.00. The number of anilines is 2. The van der Waals surface area contributed by atoms with Crippen LogP contribution < -0.4 is 10.6 Å². The van der Waals surface area contributed by atoms with Gasteiger partial charge in [0.1, 0.15) is 17.3 Å². The highest BCUT2D eigenvalue weighted by Gasteiger charge is 2.11. The lowest BCUT2D eigenvalue weighted by atomic mass is 10.4. The molecule has 0 aromatic carbocycles. The van der Waals surface area contributed by atoms with Crippen molar-refractivity contribution >= 4 is 28.2 Å². The average Bonchev–Trinajstić information content (AvgIpc) is 3.17. The van der Waals surface area contributed by atoms with E-state index in [0.29, 0.717) is 28.9 Å². The molecule has 106 valence electrons. The summed E-state index contributed by atoms with van der Waals surface area (Å²) in [5.74, 6) is 1.15. The van der Waals surface area contributed by atoms with Crippen molar-refractivity contribution in [2.45, 2.75) is 6.54 Å². The third kappa shape index (κ3) is 3.46. The number of hydrogen-bond acceptors (Lipinski definition) is 6. The average molecular weight is 300 g/mol. The standard InChI is InChI=1S/C14H12N4O2S/c19-13(16-8-10-4-3-7-20-10)11-9-21-14(17-11)18-12-5-1-2-6-15-12/h1-7,9H,8H2,(H,16,19)(H,15,17,18). The van der Waals surface area contributed by atoms with Gasteiger partial charge in [0.05, 0.1) is 12.8 Å². The molecule has 0 saturated heterocycles. The zero-order valence-corrected chi connectivity index (χ0v) is 11.8. The first kappa shape index (κ1) is 13.3. The van der Waals surface area contributed by atoms with Crippen molar-refractivity contribution < 1.29 is 9.21 Å². The van der Waals surface area contributed by atoms with E-state index < -0.39 is 0 Å². The van der Waals surface area contributed by atoms with E-state index in [-0.39, 0.29) is 5.91 Å². The Morgan fingerprint density at radius 3 is 3.00 bits per heavy atom. The van der Waals surface area contributed by atoms with Gasteiger partial charge < -0.3 is 15.1 Å². The number of pyridine rings is 1. The van der Waals surface area contributed by atoms with Crippen LogP contribution in [0.2, 0.25) is 0 Å². The van der Waals surface area contributed by atoms with Crippen molar-refractivity contribution in [1.29, 1.82) is 0 Å². The highest BCUT2D eigenvalue weighted by molar-refractivity contribution is 7.14. The highest BCUT2D eigenvalue weighted by Crippen LogP contribution is 2.19. The van der Waals surface area contributed by atoms with E-state index in [1.807, 2.05) is 18.2 Å². The predicted molar refractivity (Wildman–Crippen MR) is 79.5 cm³/mol. The summed E-state index contributed by atoms with van der Waals surface area (Å²) in [7, 11) is 0. The summed E-state index contributed by atoms with van der Waals surface area (Å²) in [6.07, 6.45) is 3.26. The van der Waals surface area contributed by atoms with Crippen LogP contribution >= 0.6 is 11.3 Å². The molecule has 0 aliphatic carbocycles. The molecule has 0 radical (unpaired) electrons. The first-order valence-electron chi connectivity index (χ1n) is 6.25. The van der Waals surface area contributed by atoms with Gasteiger partial charge in [-0.1, -0.05) is 6.07 Å². The molecule has 7 heteroatoms. The van der Waals surface area contributed by atoms with Crippen molar-refractivity contribution in [2.75, 3.05) is 5.32 Å². The van der Waals surface area contributed by atoms with Crippen LogP contribution in [0.3, 0.4) is 0 Å². The fraction of sp³-hybridized carbons (Fsp3) is 0.0714. The minimum absolute atomic E-state index is 0.239. The monoisotopic (exact) mass is 300 g/mol. The van der Waals surface area contributed by atoms with Gasteiger partial charge in [-0.3, -0.25) is 4.79 Å².